The molecule has 94 valence electrons. The fourth-order valence-corrected chi connectivity index (χ4v) is 3.69. The van der Waals surface area contributed by atoms with Crippen LogP contribution in [0.25, 0.3) is 0 Å². The average molecular weight is 232 g/mol. The van der Waals surface area contributed by atoms with E-state index < -0.39 is 0 Å². The minimum absolute atomic E-state index is 0.753. The highest BCUT2D eigenvalue weighted by Crippen LogP contribution is 2.36. The summed E-state index contributed by atoms with van der Waals surface area (Å²) in [5, 5.41) is 0. The molecule has 2 aliphatic rings. The van der Waals surface area contributed by atoms with Crippen LogP contribution in [0.5, 0.6) is 0 Å². The minimum Gasteiger partial charge on any atom is -0.331 e. The summed E-state index contributed by atoms with van der Waals surface area (Å²) in [4.78, 5) is 4.44. The molecule has 0 aliphatic heterocycles. The van der Waals surface area contributed by atoms with Crippen LogP contribution in [0.3, 0.4) is 0 Å². The number of aromatic nitrogens is 2. The van der Waals surface area contributed by atoms with Gasteiger partial charge in [0.2, 0.25) is 0 Å². The van der Waals surface area contributed by atoms with Gasteiger partial charge in [-0.1, -0.05) is 38.5 Å². The fourth-order valence-electron chi connectivity index (χ4n) is 3.69. The van der Waals surface area contributed by atoms with E-state index in [9.17, 15) is 0 Å². The SMILES string of the molecule is c1ncn(C2CCCCC2)c1C1CCCCC1. The monoisotopic (exact) mass is 232 g/mol. The van der Waals surface area contributed by atoms with Gasteiger partial charge >= 0.3 is 0 Å². The molecule has 17 heavy (non-hydrogen) atoms. The molecule has 2 heteroatoms. The summed E-state index contributed by atoms with van der Waals surface area (Å²) < 4.78 is 2.52. The Kier molecular flexibility index (Phi) is 3.49. The summed E-state index contributed by atoms with van der Waals surface area (Å²) >= 11 is 0. The number of hydrogen-bond acceptors (Lipinski definition) is 1. The maximum Gasteiger partial charge on any atom is 0.0950 e. The Labute approximate surface area is 104 Å². The van der Waals surface area contributed by atoms with Gasteiger partial charge in [0, 0.05) is 23.9 Å². The van der Waals surface area contributed by atoms with Gasteiger partial charge in [-0.3, -0.25) is 0 Å². The van der Waals surface area contributed by atoms with E-state index in [0.29, 0.717) is 0 Å². The molecule has 0 saturated heterocycles. The van der Waals surface area contributed by atoms with Crippen LogP contribution in [-0.4, -0.2) is 9.55 Å². The summed E-state index contributed by atoms with van der Waals surface area (Å²) in [6, 6.07) is 0.753. The third kappa shape index (κ3) is 2.41. The standard InChI is InChI=1S/C15H24N2/c1-3-7-13(8-4-1)15-11-16-12-17(15)14-9-5-2-6-10-14/h11-14H,1-10H2. The predicted octanol–water partition coefficient (Wildman–Crippen LogP) is 4.44. The van der Waals surface area contributed by atoms with Gasteiger partial charge in [-0.05, 0) is 25.7 Å². The number of rotatable bonds is 2. The van der Waals surface area contributed by atoms with Crippen molar-refractivity contribution >= 4 is 0 Å². The summed E-state index contributed by atoms with van der Waals surface area (Å²) in [5.41, 5.74) is 1.54. The molecule has 0 atom stereocenters. The van der Waals surface area contributed by atoms with Crippen molar-refractivity contribution in [2.45, 2.75) is 76.2 Å². The van der Waals surface area contributed by atoms with E-state index in [2.05, 4.69) is 22.1 Å². The number of imidazole rings is 1. The molecule has 1 aromatic heterocycles. The Morgan fingerprint density at radius 2 is 1.53 bits per heavy atom. The minimum atomic E-state index is 0.753. The Bertz CT molecular complexity index is 311. The van der Waals surface area contributed by atoms with Gasteiger partial charge in [-0.2, -0.15) is 0 Å². The molecule has 1 aromatic rings. The molecule has 1 heterocycles. The van der Waals surface area contributed by atoms with Crippen LogP contribution >= 0.6 is 0 Å². The van der Waals surface area contributed by atoms with Crippen molar-refractivity contribution in [3.05, 3.63) is 18.2 Å². The Hall–Kier alpha value is -0.790. The lowest BCUT2D eigenvalue weighted by Gasteiger charge is -2.29. The second-order valence-corrected chi connectivity index (χ2v) is 5.85. The van der Waals surface area contributed by atoms with Crippen molar-refractivity contribution < 1.29 is 0 Å². The normalized spacial score (nSPS) is 24.0. The van der Waals surface area contributed by atoms with Crippen molar-refractivity contribution in [3.63, 3.8) is 0 Å². The van der Waals surface area contributed by atoms with Gasteiger partial charge in [0.25, 0.3) is 0 Å². The molecule has 2 aliphatic carbocycles. The first-order valence-electron chi connectivity index (χ1n) is 7.47. The van der Waals surface area contributed by atoms with Crippen LogP contribution in [0.2, 0.25) is 0 Å². The van der Waals surface area contributed by atoms with Gasteiger partial charge in [-0.25, -0.2) is 4.98 Å². The smallest absolute Gasteiger partial charge is 0.0950 e. The highest BCUT2D eigenvalue weighted by molar-refractivity contribution is 5.09. The molecule has 0 unspecified atom stereocenters. The molecule has 2 saturated carbocycles. The van der Waals surface area contributed by atoms with Gasteiger partial charge < -0.3 is 4.57 Å². The highest BCUT2D eigenvalue weighted by Gasteiger charge is 2.23. The van der Waals surface area contributed by atoms with Crippen LogP contribution in [0.15, 0.2) is 12.5 Å². The average Bonchev–Trinajstić information content (AvgIpc) is 2.90. The zero-order valence-corrected chi connectivity index (χ0v) is 10.8. The molecule has 0 spiro atoms. The molecular formula is C15H24N2. The third-order valence-corrected chi connectivity index (χ3v) is 4.69. The van der Waals surface area contributed by atoms with Gasteiger partial charge in [0.1, 0.15) is 0 Å². The molecule has 0 radical (unpaired) electrons. The zero-order valence-electron chi connectivity index (χ0n) is 10.8. The lowest BCUT2D eigenvalue weighted by Crippen LogP contribution is -2.17. The highest BCUT2D eigenvalue weighted by atomic mass is 15.1. The van der Waals surface area contributed by atoms with Gasteiger partial charge in [0.15, 0.2) is 0 Å². The van der Waals surface area contributed by atoms with Crippen molar-refractivity contribution in [1.29, 1.82) is 0 Å². The number of hydrogen-bond donors (Lipinski definition) is 0. The molecule has 3 rings (SSSR count). The van der Waals surface area contributed by atoms with E-state index in [-0.39, 0.29) is 0 Å². The maximum atomic E-state index is 4.44. The molecule has 2 fully saturated rings. The van der Waals surface area contributed by atoms with Crippen molar-refractivity contribution in [3.8, 4) is 0 Å². The summed E-state index contributed by atoms with van der Waals surface area (Å²) in [6.07, 6.45) is 18.3. The van der Waals surface area contributed by atoms with Crippen LogP contribution in [0.1, 0.15) is 81.9 Å². The van der Waals surface area contributed by atoms with Gasteiger partial charge in [0.05, 0.1) is 6.33 Å². The van der Waals surface area contributed by atoms with E-state index in [4.69, 9.17) is 0 Å². The van der Waals surface area contributed by atoms with Crippen LogP contribution in [0.4, 0.5) is 0 Å². The lowest BCUT2D eigenvalue weighted by molar-refractivity contribution is 0.331. The summed E-state index contributed by atoms with van der Waals surface area (Å²) in [7, 11) is 0. The first-order valence-corrected chi connectivity index (χ1v) is 7.47. The van der Waals surface area contributed by atoms with Crippen LogP contribution < -0.4 is 0 Å². The summed E-state index contributed by atoms with van der Waals surface area (Å²) in [5.74, 6) is 0.799. The van der Waals surface area contributed by atoms with Crippen molar-refractivity contribution in [1.82, 2.24) is 9.55 Å². The van der Waals surface area contributed by atoms with E-state index >= 15 is 0 Å². The van der Waals surface area contributed by atoms with E-state index in [0.717, 1.165) is 12.0 Å². The molecule has 0 aromatic carbocycles. The Morgan fingerprint density at radius 3 is 2.24 bits per heavy atom. The lowest BCUT2D eigenvalue weighted by atomic mass is 9.86. The largest absolute Gasteiger partial charge is 0.331 e. The van der Waals surface area contributed by atoms with Crippen molar-refractivity contribution in [2.24, 2.45) is 0 Å². The van der Waals surface area contributed by atoms with Crippen molar-refractivity contribution in [2.75, 3.05) is 0 Å². The van der Waals surface area contributed by atoms with E-state index in [1.165, 1.54) is 69.9 Å². The second-order valence-electron chi connectivity index (χ2n) is 5.85. The van der Waals surface area contributed by atoms with Crippen LogP contribution in [-0.2, 0) is 0 Å². The molecule has 0 amide bonds. The second kappa shape index (κ2) is 5.24. The fraction of sp³-hybridized carbons (Fsp3) is 0.800. The van der Waals surface area contributed by atoms with E-state index in [1.54, 1.807) is 0 Å². The van der Waals surface area contributed by atoms with Crippen LogP contribution in [0, 0.1) is 0 Å². The first kappa shape index (κ1) is 11.3. The molecular weight excluding hydrogens is 208 g/mol. The number of nitrogens with zero attached hydrogens (tertiary/aromatic N) is 2. The zero-order chi connectivity index (χ0) is 11.5. The maximum absolute atomic E-state index is 4.44. The predicted molar refractivity (Wildman–Crippen MR) is 70.2 cm³/mol. The Balaban J connectivity index is 1.77. The van der Waals surface area contributed by atoms with Gasteiger partial charge in [-0.15, -0.1) is 0 Å². The summed E-state index contributed by atoms with van der Waals surface area (Å²) in [6.45, 7) is 0. The first-order chi connectivity index (χ1) is 8.45. The molecule has 0 bridgehead atoms. The molecule has 2 nitrogen and oxygen atoms in total. The quantitative estimate of drug-likeness (QED) is 0.737. The Morgan fingerprint density at radius 1 is 0.882 bits per heavy atom. The third-order valence-electron chi connectivity index (χ3n) is 4.69. The molecule has 0 N–H and O–H groups in total. The van der Waals surface area contributed by atoms with E-state index in [1.807, 2.05) is 0 Å². The topological polar surface area (TPSA) is 17.8 Å².